The van der Waals surface area contributed by atoms with Crippen molar-refractivity contribution in [2.45, 2.75) is 270 Å². The molecule has 0 spiro atoms. The lowest BCUT2D eigenvalue weighted by Crippen LogP contribution is -2.29. The summed E-state index contributed by atoms with van der Waals surface area (Å²) in [5.74, 6) is 0.355. The van der Waals surface area contributed by atoms with Crippen molar-refractivity contribution in [3.8, 4) is 34.5 Å². The maximum absolute atomic E-state index is 12.9. The van der Waals surface area contributed by atoms with Crippen LogP contribution < -0.4 is 28.4 Å². The van der Waals surface area contributed by atoms with Gasteiger partial charge in [-0.2, -0.15) is 0 Å². The SMILES string of the molecule is C=CC(=O)OCCCCCCCCCCCOc1ccc(C(=O)Oc2ccc(OC(=O)C3CCC(OCCCCCC)CC3)cc2)cc1.C=CC(=O)OCCCCCCCCCCCOc1ccc(C(=O)Oc2ccc(OC(=O)C3CCC(OCCCCCCCCCCCOC(=O)C=C)CC3)cc2)cc1. The van der Waals surface area contributed by atoms with E-state index in [0.29, 0.717) is 72.9 Å². The smallest absolute Gasteiger partial charge is 0.343 e. The maximum atomic E-state index is 12.9. The molecule has 2 aliphatic carbocycles. The van der Waals surface area contributed by atoms with E-state index in [1.54, 1.807) is 97.1 Å². The highest BCUT2D eigenvalue weighted by molar-refractivity contribution is 5.92. The van der Waals surface area contributed by atoms with Gasteiger partial charge in [-0.1, -0.05) is 181 Å². The monoisotopic (exact) mass is 1470 g/mol. The van der Waals surface area contributed by atoms with Gasteiger partial charge in [0.25, 0.3) is 0 Å². The molecule has 18 heteroatoms. The van der Waals surface area contributed by atoms with Gasteiger partial charge in [-0.15, -0.1) is 0 Å². The zero-order valence-electron chi connectivity index (χ0n) is 63.8. The molecule has 2 aliphatic rings. The lowest BCUT2D eigenvalue weighted by atomic mass is 9.87. The number of carbonyl (C=O) groups excluding carboxylic acids is 7. The number of benzene rings is 4. The van der Waals surface area contributed by atoms with Gasteiger partial charge in [0.2, 0.25) is 0 Å². The molecule has 0 unspecified atom stereocenters. The van der Waals surface area contributed by atoms with Crippen LogP contribution in [-0.2, 0) is 47.7 Å². The van der Waals surface area contributed by atoms with Gasteiger partial charge in [0.05, 0.1) is 68.2 Å². The van der Waals surface area contributed by atoms with Crippen molar-refractivity contribution >= 4 is 41.8 Å². The van der Waals surface area contributed by atoms with Gasteiger partial charge in [0, 0.05) is 31.4 Å². The molecular formula is C88H124O18. The summed E-state index contributed by atoms with van der Waals surface area (Å²) in [4.78, 5) is 84.0. The minimum atomic E-state index is -0.475. The van der Waals surface area contributed by atoms with Gasteiger partial charge in [-0.05, 0) is 193 Å². The molecule has 4 aromatic rings. The van der Waals surface area contributed by atoms with Crippen molar-refractivity contribution in [3.05, 3.63) is 146 Å². The minimum Gasteiger partial charge on any atom is -0.494 e. The average molecular weight is 1470 g/mol. The summed E-state index contributed by atoms with van der Waals surface area (Å²) in [5.41, 5.74) is 0.845. The van der Waals surface area contributed by atoms with Crippen molar-refractivity contribution in [1.82, 2.24) is 0 Å². The fourth-order valence-corrected chi connectivity index (χ4v) is 12.6. The molecule has 0 aromatic heterocycles. The van der Waals surface area contributed by atoms with Crippen molar-refractivity contribution in [1.29, 1.82) is 0 Å². The van der Waals surface area contributed by atoms with Crippen LogP contribution in [0.25, 0.3) is 0 Å². The number of rotatable bonds is 56. The quantitative estimate of drug-likeness (QED) is 0.0132. The van der Waals surface area contributed by atoms with Gasteiger partial charge in [-0.3, -0.25) is 9.59 Å². The van der Waals surface area contributed by atoms with E-state index in [1.807, 2.05) is 0 Å². The zero-order chi connectivity index (χ0) is 75.7. The Hall–Kier alpha value is -8.09. The van der Waals surface area contributed by atoms with E-state index in [4.69, 9.17) is 52.1 Å². The molecule has 0 saturated heterocycles. The fraction of sp³-hybridized carbons (Fsp3) is 0.580. The summed E-state index contributed by atoms with van der Waals surface area (Å²) < 4.78 is 61.1. The molecule has 0 atom stereocenters. The average Bonchev–Trinajstić information content (AvgIpc) is 0.865. The van der Waals surface area contributed by atoms with E-state index < -0.39 is 11.9 Å². The van der Waals surface area contributed by atoms with Crippen LogP contribution in [0.2, 0.25) is 0 Å². The highest BCUT2D eigenvalue weighted by atomic mass is 16.6. The summed E-state index contributed by atoms with van der Waals surface area (Å²) in [6.07, 6.45) is 45.8. The van der Waals surface area contributed by atoms with Crippen LogP contribution in [0, 0.1) is 11.8 Å². The second kappa shape index (κ2) is 57.1. The third kappa shape index (κ3) is 41.1. The number of hydrogen-bond donors (Lipinski definition) is 0. The van der Waals surface area contributed by atoms with Gasteiger partial charge in [0.15, 0.2) is 0 Å². The first-order valence-electron chi connectivity index (χ1n) is 40.0. The number of ether oxygens (including phenoxy) is 11. The highest BCUT2D eigenvalue weighted by Crippen LogP contribution is 2.31. The van der Waals surface area contributed by atoms with Gasteiger partial charge in [0.1, 0.15) is 34.5 Å². The van der Waals surface area contributed by atoms with E-state index in [-0.39, 0.29) is 53.9 Å². The van der Waals surface area contributed by atoms with E-state index in [9.17, 15) is 33.6 Å². The number of hydrogen-bond acceptors (Lipinski definition) is 18. The summed E-state index contributed by atoms with van der Waals surface area (Å²) in [5, 5.41) is 0. The molecule has 0 amide bonds. The van der Waals surface area contributed by atoms with Crippen LogP contribution in [0.3, 0.4) is 0 Å². The standard InChI is InChI=1S/C48H68O10.C40H56O8/c1-3-45(49)55-37-21-17-13-9-5-7-11-15-19-35-53-41-27-23-39(24-28-41)47(51)57-43-31-33-44(34-32-43)58-48(52)40-25-29-42(30-26-40)54-36-20-16-12-8-6-10-14-18-22-38-56-46(50)4-2;1-3-5-6-14-29-44-34-21-17-32(18-22-34)39(42)47-36-25-27-37(28-26-36)48-40(43)33-19-23-35(24-20-33)45-30-15-12-10-8-7-9-11-13-16-31-46-38(41)4-2/h3-4,23-24,27-28,31-34,40,42H,1-2,5-22,25-26,29-30,35-38H2;4,19-20,23-28,32,34H,2-3,5-18,21-22,29-31H2,1H3. The largest absolute Gasteiger partial charge is 0.494 e. The summed E-state index contributed by atoms with van der Waals surface area (Å²) in [7, 11) is 0. The zero-order valence-corrected chi connectivity index (χ0v) is 63.8. The maximum Gasteiger partial charge on any atom is 0.343 e. The minimum absolute atomic E-state index is 0.115. The summed E-state index contributed by atoms with van der Waals surface area (Å²) in [6.45, 7) is 16.7. The Labute approximate surface area is 632 Å². The third-order valence-electron chi connectivity index (χ3n) is 19.0. The molecule has 18 nitrogen and oxygen atoms in total. The predicted octanol–water partition coefficient (Wildman–Crippen LogP) is 20.8. The van der Waals surface area contributed by atoms with Crippen LogP contribution in [0.15, 0.2) is 135 Å². The first-order valence-corrected chi connectivity index (χ1v) is 40.0. The molecule has 0 heterocycles. The lowest BCUT2D eigenvalue weighted by molar-refractivity contribution is -0.142. The number of esters is 7. The molecule has 2 saturated carbocycles. The molecule has 0 N–H and O–H groups in total. The Morgan fingerprint density at radius 2 is 0.528 bits per heavy atom. The summed E-state index contributed by atoms with van der Waals surface area (Å²) >= 11 is 0. The Kier molecular flexibility index (Phi) is 47.7. The molecule has 4 aromatic carbocycles. The van der Waals surface area contributed by atoms with E-state index >= 15 is 0 Å². The van der Waals surface area contributed by atoms with Crippen LogP contribution in [0.1, 0.15) is 278 Å². The van der Waals surface area contributed by atoms with E-state index in [1.165, 1.54) is 134 Å². The lowest BCUT2D eigenvalue weighted by Gasteiger charge is -2.27. The molecule has 0 aliphatic heterocycles. The van der Waals surface area contributed by atoms with Crippen molar-refractivity contribution < 1.29 is 85.7 Å². The predicted molar refractivity (Wildman–Crippen MR) is 414 cm³/mol. The van der Waals surface area contributed by atoms with Gasteiger partial charge in [-0.25, -0.2) is 24.0 Å². The molecule has 106 heavy (non-hydrogen) atoms. The molecule has 0 radical (unpaired) electrons. The third-order valence-corrected chi connectivity index (χ3v) is 19.0. The van der Waals surface area contributed by atoms with Crippen molar-refractivity contribution in [2.75, 3.05) is 46.2 Å². The molecule has 584 valence electrons. The Morgan fingerprint density at radius 3 is 0.802 bits per heavy atom. The van der Waals surface area contributed by atoms with Crippen LogP contribution in [0.4, 0.5) is 0 Å². The fourth-order valence-electron chi connectivity index (χ4n) is 12.6. The first kappa shape index (κ1) is 88.5. The Morgan fingerprint density at radius 1 is 0.292 bits per heavy atom. The van der Waals surface area contributed by atoms with Crippen LogP contribution in [0.5, 0.6) is 34.5 Å². The van der Waals surface area contributed by atoms with Gasteiger partial charge < -0.3 is 52.1 Å². The van der Waals surface area contributed by atoms with Crippen molar-refractivity contribution in [3.63, 3.8) is 0 Å². The van der Waals surface area contributed by atoms with Crippen LogP contribution in [-0.4, -0.2) is 100 Å². The molecule has 2 fully saturated rings. The second-order valence-electron chi connectivity index (χ2n) is 27.7. The van der Waals surface area contributed by atoms with E-state index in [2.05, 4.69) is 26.7 Å². The Balaban J connectivity index is 0.000000387. The van der Waals surface area contributed by atoms with Crippen molar-refractivity contribution in [2.24, 2.45) is 11.8 Å². The van der Waals surface area contributed by atoms with E-state index in [0.717, 1.165) is 154 Å². The molecule has 6 rings (SSSR count). The number of unbranched alkanes of at least 4 members (excludes halogenated alkanes) is 27. The first-order chi connectivity index (χ1) is 51.8. The topological polar surface area (TPSA) is 221 Å². The van der Waals surface area contributed by atoms with Crippen LogP contribution >= 0.6 is 0 Å². The number of carbonyl (C=O) groups is 7. The molecular weight excluding hydrogens is 1340 g/mol. The highest BCUT2D eigenvalue weighted by Gasteiger charge is 2.30. The normalized spacial score (nSPS) is 15.3. The molecule has 0 bridgehead atoms. The summed E-state index contributed by atoms with van der Waals surface area (Å²) in [6, 6.07) is 27.0. The Bertz CT molecular complexity index is 3070. The van der Waals surface area contributed by atoms with Gasteiger partial charge >= 0.3 is 41.8 Å². The second-order valence-corrected chi connectivity index (χ2v) is 27.7.